The number of halogens is 2. The van der Waals surface area contributed by atoms with Gasteiger partial charge in [0.25, 0.3) is 5.91 Å². The van der Waals surface area contributed by atoms with Crippen molar-refractivity contribution in [1.29, 1.82) is 5.26 Å². The average Bonchev–Trinajstić information content (AvgIpc) is 2.48. The zero-order valence-electron chi connectivity index (χ0n) is 11.7. The lowest BCUT2D eigenvalue weighted by Crippen LogP contribution is -2.22. The minimum atomic E-state index is -0.678. The number of hydrogen-bond donors (Lipinski definition) is 2. The third-order valence-electron chi connectivity index (χ3n) is 2.36. The molecule has 6 nitrogen and oxygen atoms in total. The highest BCUT2D eigenvalue weighted by molar-refractivity contribution is 6.44. The van der Waals surface area contributed by atoms with Gasteiger partial charge in [-0.3, -0.25) is 9.59 Å². The maximum Gasteiger partial charge on any atom is 0.325 e. The highest BCUT2D eigenvalue weighted by atomic mass is 35.5. The van der Waals surface area contributed by atoms with Crippen molar-refractivity contribution in [3.63, 3.8) is 0 Å². The molecule has 1 aromatic carbocycles. The van der Waals surface area contributed by atoms with Gasteiger partial charge in [-0.2, -0.15) is 5.26 Å². The van der Waals surface area contributed by atoms with E-state index < -0.39 is 11.9 Å². The van der Waals surface area contributed by atoms with E-state index in [1.165, 1.54) is 0 Å². The molecule has 1 aromatic rings. The number of amides is 1. The molecule has 8 heteroatoms. The van der Waals surface area contributed by atoms with Crippen LogP contribution in [0.15, 0.2) is 30.0 Å². The summed E-state index contributed by atoms with van der Waals surface area (Å²) in [4.78, 5) is 23.1. The van der Waals surface area contributed by atoms with Crippen LogP contribution in [-0.4, -0.2) is 25.0 Å². The predicted molar refractivity (Wildman–Crippen MR) is 83.4 cm³/mol. The van der Waals surface area contributed by atoms with E-state index in [9.17, 15) is 9.59 Å². The van der Waals surface area contributed by atoms with Crippen molar-refractivity contribution >= 4 is 40.8 Å². The molecule has 0 radical (unpaired) electrons. The Balaban J connectivity index is 2.71. The number of benzene rings is 1. The predicted octanol–water partition coefficient (Wildman–Crippen LogP) is 2.49. The Morgan fingerprint density at radius 1 is 1.41 bits per heavy atom. The van der Waals surface area contributed by atoms with Gasteiger partial charge in [0.2, 0.25) is 0 Å². The van der Waals surface area contributed by atoms with Crippen LogP contribution in [-0.2, 0) is 14.3 Å². The number of hydrogen-bond acceptors (Lipinski definition) is 5. The largest absolute Gasteiger partial charge is 0.465 e. The molecular weight excluding hydrogens is 329 g/mol. The fraction of sp³-hybridized carbons (Fsp3) is 0.214. The number of rotatable bonds is 6. The molecule has 0 atom stereocenters. The summed E-state index contributed by atoms with van der Waals surface area (Å²) < 4.78 is 4.70. The second kappa shape index (κ2) is 8.93. The van der Waals surface area contributed by atoms with Gasteiger partial charge in [-0.25, -0.2) is 0 Å². The van der Waals surface area contributed by atoms with Crippen molar-refractivity contribution in [3.05, 3.63) is 40.0 Å². The number of nitrogens with zero attached hydrogens (tertiary/aromatic N) is 1. The Hall–Kier alpha value is -2.23. The van der Waals surface area contributed by atoms with Crippen molar-refractivity contribution in [3.8, 4) is 6.07 Å². The Morgan fingerprint density at radius 2 is 2.14 bits per heavy atom. The van der Waals surface area contributed by atoms with Crippen molar-refractivity contribution in [2.75, 3.05) is 18.5 Å². The number of nitrogens with one attached hydrogen (secondary N) is 2. The van der Waals surface area contributed by atoms with Gasteiger partial charge in [0, 0.05) is 6.20 Å². The van der Waals surface area contributed by atoms with Gasteiger partial charge >= 0.3 is 5.97 Å². The summed E-state index contributed by atoms with van der Waals surface area (Å²) in [5.74, 6) is -1.17. The molecule has 0 heterocycles. The van der Waals surface area contributed by atoms with Gasteiger partial charge in [0.05, 0.1) is 22.3 Å². The Morgan fingerprint density at radius 3 is 2.77 bits per heavy atom. The van der Waals surface area contributed by atoms with Crippen LogP contribution in [0.25, 0.3) is 0 Å². The van der Waals surface area contributed by atoms with E-state index in [1.807, 2.05) is 0 Å². The molecule has 0 aliphatic carbocycles. The monoisotopic (exact) mass is 341 g/mol. The molecule has 0 saturated carbocycles. The number of carbonyl (C=O) groups excluding carboxylic acids is 2. The molecule has 0 spiro atoms. The fourth-order valence-corrected chi connectivity index (χ4v) is 1.73. The topological polar surface area (TPSA) is 91.2 Å². The van der Waals surface area contributed by atoms with Crippen LogP contribution >= 0.6 is 23.2 Å². The lowest BCUT2D eigenvalue weighted by molar-refractivity contribution is -0.141. The van der Waals surface area contributed by atoms with E-state index in [4.69, 9.17) is 33.2 Å². The molecule has 0 saturated heterocycles. The maximum absolute atomic E-state index is 11.9. The van der Waals surface area contributed by atoms with Crippen LogP contribution < -0.4 is 10.6 Å². The van der Waals surface area contributed by atoms with Crippen molar-refractivity contribution < 1.29 is 14.3 Å². The van der Waals surface area contributed by atoms with E-state index in [1.54, 1.807) is 31.2 Å². The van der Waals surface area contributed by atoms with Gasteiger partial charge in [-0.05, 0) is 19.1 Å². The zero-order chi connectivity index (χ0) is 16.5. The normalized spacial score (nSPS) is 10.5. The van der Waals surface area contributed by atoms with Crippen LogP contribution in [0.4, 0.5) is 5.69 Å². The summed E-state index contributed by atoms with van der Waals surface area (Å²) >= 11 is 11.8. The number of carbonyl (C=O) groups is 2. The fourth-order valence-electron chi connectivity index (χ4n) is 1.39. The lowest BCUT2D eigenvalue weighted by atomic mass is 10.2. The second-order valence-corrected chi connectivity index (χ2v) is 4.70. The number of nitriles is 1. The van der Waals surface area contributed by atoms with E-state index >= 15 is 0 Å². The summed E-state index contributed by atoms with van der Waals surface area (Å²) in [6.07, 6.45) is 1.13. The third-order valence-corrected chi connectivity index (χ3v) is 3.18. The highest BCUT2D eigenvalue weighted by Gasteiger charge is 2.12. The summed E-state index contributed by atoms with van der Waals surface area (Å²) in [6.45, 7) is 1.78. The van der Waals surface area contributed by atoms with E-state index in [0.717, 1.165) is 6.20 Å². The van der Waals surface area contributed by atoms with Gasteiger partial charge in [0.1, 0.15) is 18.2 Å². The van der Waals surface area contributed by atoms with Crippen LogP contribution in [0.2, 0.25) is 10.0 Å². The van der Waals surface area contributed by atoms with E-state index in [2.05, 4.69) is 10.6 Å². The van der Waals surface area contributed by atoms with Crippen LogP contribution in [0.3, 0.4) is 0 Å². The second-order valence-electron chi connectivity index (χ2n) is 3.91. The first-order valence-corrected chi connectivity index (χ1v) is 6.99. The van der Waals surface area contributed by atoms with E-state index in [0.29, 0.717) is 0 Å². The number of ether oxygens (including phenoxy) is 1. The summed E-state index contributed by atoms with van der Waals surface area (Å²) in [5, 5.41) is 14.4. The van der Waals surface area contributed by atoms with Crippen LogP contribution in [0, 0.1) is 11.3 Å². The maximum atomic E-state index is 11.9. The molecule has 1 rings (SSSR count). The number of esters is 1. The molecule has 1 amide bonds. The van der Waals surface area contributed by atoms with Gasteiger partial charge in [-0.15, -0.1) is 0 Å². The smallest absolute Gasteiger partial charge is 0.325 e. The van der Waals surface area contributed by atoms with Crippen molar-refractivity contribution in [1.82, 2.24) is 5.32 Å². The van der Waals surface area contributed by atoms with Gasteiger partial charge in [-0.1, -0.05) is 29.3 Å². The molecule has 0 aliphatic rings. The minimum absolute atomic E-state index is 0.149. The molecule has 0 aromatic heterocycles. The molecule has 0 fully saturated rings. The quantitative estimate of drug-likeness (QED) is 0.471. The first-order valence-electron chi connectivity index (χ1n) is 6.24. The summed E-state index contributed by atoms with van der Waals surface area (Å²) in [5.41, 5.74) is 0.0612. The van der Waals surface area contributed by atoms with Crippen LogP contribution in [0.5, 0.6) is 0 Å². The third kappa shape index (κ3) is 5.28. The molecule has 22 heavy (non-hydrogen) atoms. The molecule has 116 valence electrons. The lowest BCUT2D eigenvalue weighted by Gasteiger charge is -2.07. The standard InChI is InChI=1S/C14H13Cl2N3O3/c1-2-22-12(20)8-18-7-9(6-17)14(21)19-11-5-3-4-10(15)13(11)16/h3-5,7,18H,2,8H2,1H3,(H,19,21)/b9-7-. The first-order chi connectivity index (χ1) is 10.5. The average molecular weight is 342 g/mol. The highest BCUT2D eigenvalue weighted by Crippen LogP contribution is 2.29. The van der Waals surface area contributed by atoms with Gasteiger partial charge in [0.15, 0.2) is 0 Å². The molecule has 0 unspecified atom stereocenters. The summed E-state index contributed by atoms with van der Waals surface area (Å²) in [6, 6.07) is 6.45. The minimum Gasteiger partial charge on any atom is -0.465 e. The molecule has 2 N–H and O–H groups in total. The van der Waals surface area contributed by atoms with Gasteiger partial charge < -0.3 is 15.4 Å². The summed E-state index contributed by atoms with van der Waals surface area (Å²) in [7, 11) is 0. The molecular formula is C14H13Cl2N3O3. The Kier molecular flexibility index (Phi) is 7.23. The molecule has 0 aliphatic heterocycles. The van der Waals surface area contributed by atoms with E-state index in [-0.39, 0.29) is 34.5 Å². The Labute approximate surface area is 137 Å². The van der Waals surface area contributed by atoms with Crippen LogP contribution in [0.1, 0.15) is 6.92 Å². The van der Waals surface area contributed by atoms with Crippen molar-refractivity contribution in [2.24, 2.45) is 0 Å². The number of anilines is 1. The SMILES string of the molecule is CCOC(=O)CN/C=C(/C#N)C(=O)Nc1cccc(Cl)c1Cl. The first kappa shape index (κ1) is 17.8. The Bertz CT molecular complexity index is 639. The van der Waals surface area contributed by atoms with Crippen molar-refractivity contribution in [2.45, 2.75) is 6.92 Å². The zero-order valence-corrected chi connectivity index (χ0v) is 13.2. The molecule has 0 bridgehead atoms.